The molecule has 1 aliphatic heterocycles. The number of carbonyl (C=O) groups is 3. The Hall–Kier alpha value is -3.00. The second kappa shape index (κ2) is 11.4. The second-order valence-corrected chi connectivity index (χ2v) is 8.11. The van der Waals surface area contributed by atoms with Crippen LogP contribution in [0.2, 0.25) is 0 Å². The van der Waals surface area contributed by atoms with Crippen LogP contribution in [-0.4, -0.2) is 54.6 Å². The third-order valence-electron chi connectivity index (χ3n) is 4.80. The first-order chi connectivity index (χ1) is 15.1. The zero-order valence-electron chi connectivity index (χ0n) is 17.6. The fraction of sp³-hybridized carbons (Fsp3) is 0.348. The van der Waals surface area contributed by atoms with Crippen molar-refractivity contribution in [1.29, 1.82) is 0 Å². The number of ether oxygens (including phenoxy) is 1. The number of nitrogens with one attached hydrogen (secondary N) is 2. The molecule has 0 unspecified atom stereocenters. The van der Waals surface area contributed by atoms with Crippen LogP contribution in [0.4, 0.5) is 5.69 Å². The number of likely N-dealkylation sites (N-methyl/N-ethyl adjacent to an activating group) is 1. The summed E-state index contributed by atoms with van der Waals surface area (Å²) in [7, 11) is 0. The van der Waals surface area contributed by atoms with E-state index in [1.54, 1.807) is 36.4 Å². The molecule has 0 aromatic heterocycles. The summed E-state index contributed by atoms with van der Waals surface area (Å²) in [5.74, 6) is 0.550. The summed E-state index contributed by atoms with van der Waals surface area (Å²) in [5.41, 5.74) is 1.14. The van der Waals surface area contributed by atoms with Crippen molar-refractivity contribution in [1.82, 2.24) is 10.2 Å². The summed E-state index contributed by atoms with van der Waals surface area (Å²) in [6.07, 6.45) is 2.12. The molecule has 0 radical (unpaired) electrons. The van der Waals surface area contributed by atoms with E-state index in [-0.39, 0.29) is 24.3 Å². The lowest BCUT2D eigenvalue weighted by molar-refractivity contribution is -0.127. The number of thioether (sulfide) groups is 1. The van der Waals surface area contributed by atoms with Gasteiger partial charge in [-0.25, -0.2) is 0 Å². The van der Waals surface area contributed by atoms with Crippen molar-refractivity contribution in [2.24, 2.45) is 0 Å². The largest absolute Gasteiger partial charge is 0.484 e. The molecule has 2 N–H and O–H groups in total. The average molecular weight is 442 g/mol. The number of amides is 3. The van der Waals surface area contributed by atoms with Gasteiger partial charge in [-0.05, 0) is 56.2 Å². The third-order valence-corrected chi connectivity index (χ3v) is 5.86. The van der Waals surface area contributed by atoms with Gasteiger partial charge in [0.2, 0.25) is 5.91 Å². The van der Waals surface area contributed by atoms with E-state index in [4.69, 9.17) is 4.74 Å². The molecular weight excluding hydrogens is 414 g/mol. The van der Waals surface area contributed by atoms with Crippen LogP contribution in [0.15, 0.2) is 53.4 Å². The van der Waals surface area contributed by atoms with Crippen molar-refractivity contribution < 1.29 is 19.1 Å². The Morgan fingerprint density at radius 3 is 2.45 bits per heavy atom. The minimum absolute atomic E-state index is 0.0553. The van der Waals surface area contributed by atoms with Gasteiger partial charge in [0.1, 0.15) is 5.75 Å². The monoisotopic (exact) mass is 441 g/mol. The highest BCUT2D eigenvalue weighted by atomic mass is 32.2. The Balaban J connectivity index is 1.56. The molecule has 3 amide bonds. The molecule has 1 fully saturated rings. The van der Waals surface area contributed by atoms with E-state index in [2.05, 4.69) is 10.6 Å². The van der Waals surface area contributed by atoms with E-state index < -0.39 is 0 Å². The van der Waals surface area contributed by atoms with E-state index >= 15 is 0 Å². The number of nitrogens with zero attached hydrogens (tertiary/aromatic N) is 1. The van der Waals surface area contributed by atoms with E-state index in [1.807, 2.05) is 24.0 Å². The first-order valence-electron chi connectivity index (χ1n) is 10.4. The zero-order valence-corrected chi connectivity index (χ0v) is 18.4. The highest BCUT2D eigenvalue weighted by molar-refractivity contribution is 8.00. The minimum atomic E-state index is -0.243. The summed E-state index contributed by atoms with van der Waals surface area (Å²) >= 11 is 1.39. The van der Waals surface area contributed by atoms with Crippen LogP contribution in [-0.2, 0) is 9.59 Å². The normalized spacial score (nSPS) is 13.0. The summed E-state index contributed by atoms with van der Waals surface area (Å²) in [4.78, 5) is 39.2. The average Bonchev–Trinajstić information content (AvgIpc) is 3.32. The standard InChI is InChI=1S/C23H27N3O4S/c1-2-24-21(27)15-30-18-11-9-17(10-12-18)25-23(29)19-7-3-4-8-20(19)31-16-22(28)26-13-5-6-14-26/h3-4,7-12H,2,5-6,13-16H2,1H3,(H,24,27)(H,25,29). The van der Waals surface area contributed by atoms with E-state index in [9.17, 15) is 14.4 Å². The number of rotatable bonds is 9. The van der Waals surface area contributed by atoms with Crippen LogP contribution in [0.1, 0.15) is 30.1 Å². The lowest BCUT2D eigenvalue weighted by Crippen LogP contribution is -2.29. The molecule has 0 spiro atoms. The fourth-order valence-corrected chi connectivity index (χ4v) is 4.16. The molecule has 3 rings (SSSR count). The maximum Gasteiger partial charge on any atom is 0.257 e. The van der Waals surface area contributed by atoms with Gasteiger partial charge in [-0.1, -0.05) is 12.1 Å². The van der Waals surface area contributed by atoms with E-state index in [0.717, 1.165) is 30.8 Å². The zero-order chi connectivity index (χ0) is 22.1. The Morgan fingerprint density at radius 2 is 1.74 bits per heavy atom. The molecule has 0 atom stereocenters. The highest BCUT2D eigenvalue weighted by Gasteiger charge is 2.19. The first-order valence-corrected chi connectivity index (χ1v) is 11.4. The van der Waals surface area contributed by atoms with E-state index in [0.29, 0.717) is 29.3 Å². The van der Waals surface area contributed by atoms with Gasteiger partial charge in [0.25, 0.3) is 11.8 Å². The number of hydrogen-bond donors (Lipinski definition) is 2. The van der Waals surface area contributed by atoms with Gasteiger partial charge in [-0.2, -0.15) is 0 Å². The molecular formula is C23H27N3O4S. The number of carbonyl (C=O) groups excluding carboxylic acids is 3. The van der Waals surface area contributed by atoms with Crippen LogP contribution in [0.25, 0.3) is 0 Å². The van der Waals surface area contributed by atoms with Crippen LogP contribution in [0, 0.1) is 0 Å². The molecule has 1 heterocycles. The second-order valence-electron chi connectivity index (χ2n) is 7.09. The Bertz CT molecular complexity index is 911. The van der Waals surface area contributed by atoms with Crippen LogP contribution < -0.4 is 15.4 Å². The Morgan fingerprint density at radius 1 is 1.03 bits per heavy atom. The molecule has 0 saturated carbocycles. The number of likely N-dealkylation sites (tertiary alicyclic amines) is 1. The third kappa shape index (κ3) is 6.75. The molecule has 1 saturated heterocycles. The topological polar surface area (TPSA) is 87.7 Å². The van der Waals surface area contributed by atoms with Gasteiger partial charge in [0.05, 0.1) is 11.3 Å². The first kappa shape index (κ1) is 22.7. The smallest absolute Gasteiger partial charge is 0.257 e. The van der Waals surface area contributed by atoms with Crippen molar-refractivity contribution in [3.63, 3.8) is 0 Å². The van der Waals surface area contributed by atoms with Crippen LogP contribution in [0.5, 0.6) is 5.75 Å². The molecule has 7 nitrogen and oxygen atoms in total. The molecule has 0 aliphatic carbocycles. The van der Waals surface area contributed by atoms with Crippen LogP contribution in [0.3, 0.4) is 0 Å². The molecule has 164 valence electrons. The lowest BCUT2D eigenvalue weighted by atomic mass is 10.2. The molecule has 2 aromatic carbocycles. The van der Waals surface area contributed by atoms with Gasteiger partial charge in [-0.15, -0.1) is 11.8 Å². The number of hydrogen-bond acceptors (Lipinski definition) is 5. The summed E-state index contributed by atoms with van der Waals surface area (Å²) in [6.45, 7) is 3.99. The highest BCUT2D eigenvalue weighted by Crippen LogP contribution is 2.25. The lowest BCUT2D eigenvalue weighted by Gasteiger charge is -2.15. The van der Waals surface area contributed by atoms with Crippen LogP contribution >= 0.6 is 11.8 Å². The number of anilines is 1. The van der Waals surface area contributed by atoms with Gasteiger partial charge < -0.3 is 20.3 Å². The summed E-state index contributed by atoms with van der Waals surface area (Å²) in [6, 6.07) is 14.1. The van der Waals surface area contributed by atoms with Crippen molar-refractivity contribution in [3.05, 3.63) is 54.1 Å². The maximum absolute atomic E-state index is 12.8. The fourth-order valence-electron chi connectivity index (χ4n) is 3.21. The maximum atomic E-state index is 12.8. The molecule has 8 heteroatoms. The van der Waals surface area contributed by atoms with Crippen molar-refractivity contribution in [2.45, 2.75) is 24.7 Å². The van der Waals surface area contributed by atoms with Gasteiger partial charge in [0, 0.05) is 30.2 Å². The SMILES string of the molecule is CCNC(=O)COc1ccc(NC(=O)c2ccccc2SCC(=O)N2CCCC2)cc1. The van der Waals surface area contributed by atoms with Gasteiger partial charge in [0.15, 0.2) is 6.61 Å². The van der Waals surface area contributed by atoms with E-state index in [1.165, 1.54) is 11.8 Å². The van der Waals surface area contributed by atoms with Gasteiger partial charge >= 0.3 is 0 Å². The number of benzene rings is 2. The van der Waals surface area contributed by atoms with Crippen molar-refractivity contribution in [3.8, 4) is 5.75 Å². The quantitative estimate of drug-likeness (QED) is 0.584. The van der Waals surface area contributed by atoms with Crippen molar-refractivity contribution >= 4 is 35.2 Å². The predicted molar refractivity (Wildman–Crippen MR) is 122 cm³/mol. The van der Waals surface area contributed by atoms with Gasteiger partial charge in [-0.3, -0.25) is 14.4 Å². The predicted octanol–water partition coefficient (Wildman–Crippen LogP) is 3.17. The molecule has 1 aliphatic rings. The molecule has 2 aromatic rings. The molecule has 0 bridgehead atoms. The Kier molecular flexibility index (Phi) is 8.35. The minimum Gasteiger partial charge on any atom is -0.484 e. The summed E-state index contributed by atoms with van der Waals surface area (Å²) < 4.78 is 5.42. The summed E-state index contributed by atoms with van der Waals surface area (Å²) in [5, 5.41) is 5.53. The Labute approximate surface area is 186 Å². The van der Waals surface area contributed by atoms with Crippen molar-refractivity contribution in [2.75, 3.05) is 37.3 Å². The molecule has 31 heavy (non-hydrogen) atoms.